The van der Waals surface area contributed by atoms with E-state index in [1.54, 1.807) is 0 Å². The van der Waals surface area contributed by atoms with Crippen LogP contribution in [0.5, 0.6) is 0 Å². The molecular formula is C14H29N. The van der Waals surface area contributed by atoms with Gasteiger partial charge in [-0.25, -0.2) is 0 Å². The molecule has 0 amide bonds. The molecule has 1 heteroatoms. The predicted octanol–water partition coefficient (Wildman–Crippen LogP) is 3.97. The Labute approximate surface area is 95.8 Å². The molecule has 1 saturated carbocycles. The topological polar surface area (TPSA) is 26.0 Å². The zero-order valence-electron chi connectivity index (χ0n) is 10.8. The summed E-state index contributed by atoms with van der Waals surface area (Å²) in [5.74, 6) is 2.59. The molecule has 1 fully saturated rings. The number of hydrogen-bond donors (Lipinski definition) is 1. The van der Waals surface area contributed by atoms with E-state index in [0.29, 0.717) is 6.04 Å². The van der Waals surface area contributed by atoms with Crippen molar-refractivity contribution in [3.8, 4) is 0 Å². The van der Waals surface area contributed by atoms with Gasteiger partial charge in [0.1, 0.15) is 0 Å². The van der Waals surface area contributed by atoms with Crippen LogP contribution in [-0.4, -0.2) is 6.04 Å². The van der Waals surface area contributed by atoms with Crippen LogP contribution in [-0.2, 0) is 0 Å². The Balaban J connectivity index is 2.34. The van der Waals surface area contributed by atoms with Gasteiger partial charge in [-0.05, 0) is 37.0 Å². The third kappa shape index (κ3) is 4.14. The summed E-state index contributed by atoms with van der Waals surface area (Å²) in [6, 6.07) is 0.470. The molecule has 0 bridgehead atoms. The SMILES string of the molecule is CCC(CC)CC(N)C1CCCC(C)C1. The van der Waals surface area contributed by atoms with E-state index in [1.165, 1.54) is 44.9 Å². The Morgan fingerprint density at radius 2 is 1.87 bits per heavy atom. The van der Waals surface area contributed by atoms with Crippen molar-refractivity contribution in [3.63, 3.8) is 0 Å². The van der Waals surface area contributed by atoms with Crippen LogP contribution in [0.15, 0.2) is 0 Å². The van der Waals surface area contributed by atoms with Crippen LogP contribution >= 0.6 is 0 Å². The van der Waals surface area contributed by atoms with Gasteiger partial charge in [-0.3, -0.25) is 0 Å². The van der Waals surface area contributed by atoms with Crippen molar-refractivity contribution in [2.24, 2.45) is 23.5 Å². The maximum Gasteiger partial charge on any atom is 0.00698 e. The second-order valence-corrected chi connectivity index (χ2v) is 5.61. The Bertz CT molecular complexity index is 163. The third-order valence-electron chi connectivity index (χ3n) is 4.34. The Morgan fingerprint density at radius 1 is 1.20 bits per heavy atom. The maximum atomic E-state index is 6.36. The fourth-order valence-electron chi connectivity index (χ4n) is 3.07. The lowest BCUT2D eigenvalue weighted by atomic mass is 9.76. The molecule has 0 aromatic heterocycles. The van der Waals surface area contributed by atoms with Gasteiger partial charge in [-0.15, -0.1) is 0 Å². The average Bonchev–Trinajstić information content (AvgIpc) is 2.25. The van der Waals surface area contributed by atoms with Crippen molar-refractivity contribution >= 4 is 0 Å². The van der Waals surface area contributed by atoms with Crippen LogP contribution in [0.3, 0.4) is 0 Å². The summed E-state index contributed by atoms with van der Waals surface area (Å²) in [6.45, 7) is 6.98. The standard InChI is InChI=1S/C14H29N/c1-4-12(5-2)10-14(15)13-8-6-7-11(3)9-13/h11-14H,4-10,15H2,1-3H3. The van der Waals surface area contributed by atoms with Crippen molar-refractivity contribution in [1.29, 1.82) is 0 Å². The van der Waals surface area contributed by atoms with E-state index in [4.69, 9.17) is 5.73 Å². The summed E-state index contributed by atoms with van der Waals surface area (Å²) in [7, 11) is 0. The highest BCUT2D eigenvalue weighted by molar-refractivity contribution is 4.80. The van der Waals surface area contributed by atoms with Crippen molar-refractivity contribution in [3.05, 3.63) is 0 Å². The second kappa shape index (κ2) is 6.52. The Kier molecular flexibility index (Phi) is 5.66. The molecule has 1 aliphatic carbocycles. The van der Waals surface area contributed by atoms with Crippen LogP contribution in [0.25, 0.3) is 0 Å². The molecule has 0 spiro atoms. The Morgan fingerprint density at radius 3 is 2.40 bits per heavy atom. The molecule has 2 N–H and O–H groups in total. The van der Waals surface area contributed by atoms with Gasteiger partial charge in [0.15, 0.2) is 0 Å². The molecule has 1 rings (SSSR count). The zero-order chi connectivity index (χ0) is 11.3. The quantitative estimate of drug-likeness (QED) is 0.731. The highest BCUT2D eigenvalue weighted by Crippen LogP contribution is 2.32. The van der Waals surface area contributed by atoms with Crippen LogP contribution in [0.4, 0.5) is 0 Å². The van der Waals surface area contributed by atoms with Gasteiger partial charge in [0, 0.05) is 6.04 Å². The molecule has 0 aromatic rings. The first-order valence-electron chi connectivity index (χ1n) is 6.92. The predicted molar refractivity (Wildman–Crippen MR) is 67.8 cm³/mol. The van der Waals surface area contributed by atoms with Crippen molar-refractivity contribution < 1.29 is 0 Å². The van der Waals surface area contributed by atoms with Gasteiger partial charge < -0.3 is 5.73 Å². The first kappa shape index (κ1) is 13.0. The molecule has 3 unspecified atom stereocenters. The van der Waals surface area contributed by atoms with E-state index in [0.717, 1.165) is 17.8 Å². The highest BCUT2D eigenvalue weighted by atomic mass is 14.7. The largest absolute Gasteiger partial charge is 0.327 e. The molecule has 0 aromatic carbocycles. The fraction of sp³-hybridized carbons (Fsp3) is 1.00. The van der Waals surface area contributed by atoms with Crippen LogP contribution < -0.4 is 5.73 Å². The van der Waals surface area contributed by atoms with Crippen molar-refractivity contribution in [2.75, 3.05) is 0 Å². The van der Waals surface area contributed by atoms with Gasteiger partial charge in [-0.2, -0.15) is 0 Å². The molecule has 0 radical (unpaired) electrons. The molecule has 0 saturated heterocycles. The van der Waals surface area contributed by atoms with Gasteiger partial charge in [0.25, 0.3) is 0 Å². The molecule has 3 atom stereocenters. The summed E-state index contributed by atoms with van der Waals surface area (Å²) >= 11 is 0. The molecule has 1 nitrogen and oxygen atoms in total. The van der Waals surface area contributed by atoms with Crippen LogP contribution in [0.1, 0.15) is 65.7 Å². The number of hydrogen-bond acceptors (Lipinski definition) is 1. The van der Waals surface area contributed by atoms with E-state index >= 15 is 0 Å². The van der Waals surface area contributed by atoms with Gasteiger partial charge in [0.2, 0.25) is 0 Å². The third-order valence-corrected chi connectivity index (χ3v) is 4.34. The van der Waals surface area contributed by atoms with Gasteiger partial charge >= 0.3 is 0 Å². The first-order valence-corrected chi connectivity index (χ1v) is 6.92. The number of nitrogens with two attached hydrogens (primary N) is 1. The molecular weight excluding hydrogens is 182 g/mol. The minimum atomic E-state index is 0.470. The Hall–Kier alpha value is -0.0400. The minimum absolute atomic E-state index is 0.470. The summed E-state index contributed by atoms with van der Waals surface area (Å²) in [6.07, 6.45) is 9.44. The molecule has 0 heterocycles. The monoisotopic (exact) mass is 211 g/mol. The van der Waals surface area contributed by atoms with E-state index in [-0.39, 0.29) is 0 Å². The van der Waals surface area contributed by atoms with Crippen LogP contribution in [0, 0.1) is 17.8 Å². The first-order chi connectivity index (χ1) is 7.17. The summed E-state index contributed by atoms with van der Waals surface area (Å²) in [4.78, 5) is 0. The van der Waals surface area contributed by atoms with Gasteiger partial charge in [0.05, 0.1) is 0 Å². The van der Waals surface area contributed by atoms with E-state index < -0.39 is 0 Å². The number of rotatable bonds is 5. The van der Waals surface area contributed by atoms with Crippen molar-refractivity contribution in [2.45, 2.75) is 71.8 Å². The van der Waals surface area contributed by atoms with E-state index in [9.17, 15) is 0 Å². The van der Waals surface area contributed by atoms with Crippen molar-refractivity contribution in [1.82, 2.24) is 0 Å². The lowest BCUT2D eigenvalue weighted by molar-refractivity contribution is 0.222. The summed E-state index contributed by atoms with van der Waals surface area (Å²) in [5, 5.41) is 0. The lowest BCUT2D eigenvalue weighted by Crippen LogP contribution is -2.35. The highest BCUT2D eigenvalue weighted by Gasteiger charge is 2.25. The minimum Gasteiger partial charge on any atom is -0.327 e. The maximum absolute atomic E-state index is 6.36. The van der Waals surface area contributed by atoms with Gasteiger partial charge in [-0.1, -0.05) is 46.5 Å². The van der Waals surface area contributed by atoms with Crippen LogP contribution in [0.2, 0.25) is 0 Å². The summed E-state index contributed by atoms with van der Waals surface area (Å²) in [5.41, 5.74) is 6.36. The summed E-state index contributed by atoms with van der Waals surface area (Å²) < 4.78 is 0. The lowest BCUT2D eigenvalue weighted by Gasteiger charge is -2.32. The van der Waals surface area contributed by atoms with E-state index in [1.807, 2.05) is 0 Å². The second-order valence-electron chi connectivity index (χ2n) is 5.61. The smallest absolute Gasteiger partial charge is 0.00698 e. The molecule has 90 valence electrons. The molecule has 15 heavy (non-hydrogen) atoms. The normalized spacial score (nSPS) is 29.4. The average molecular weight is 211 g/mol. The molecule has 0 aliphatic heterocycles. The zero-order valence-corrected chi connectivity index (χ0v) is 10.8. The fourth-order valence-corrected chi connectivity index (χ4v) is 3.07. The molecule has 1 aliphatic rings. The van der Waals surface area contributed by atoms with E-state index in [2.05, 4.69) is 20.8 Å².